The Morgan fingerprint density at radius 1 is 0.957 bits per heavy atom. The van der Waals surface area contributed by atoms with Crippen LogP contribution in [0.25, 0.3) is 0 Å². The predicted octanol–water partition coefficient (Wildman–Crippen LogP) is 7.56. The Bertz CT molecular complexity index is 553. The highest BCUT2D eigenvalue weighted by atomic mass is 14.3. The summed E-state index contributed by atoms with van der Waals surface area (Å²) in [7, 11) is 0. The fourth-order valence-corrected chi connectivity index (χ4v) is 2.56. The first-order valence-electron chi connectivity index (χ1n) is 9.08. The van der Waals surface area contributed by atoms with Gasteiger partial charge in [0, 0.05) is 0 Å². The Balaban J connectivity index is 0.000000238. The molecule has 0 saturated carbocycles. The van der Waals surface area contributed by atoms with Crippen LogP contribution in [0.4, 0.5) is 0 Å². The molecule has 0 saturated heterocycles. The van der Waals surface area contributed by atoms with Crippen molar-refractivity contribution in [2.75, 3.05) is 0 Å². The molecule has 0 unspecified atom stereocenters. The van der Waals surface area contributed by atoms with Crippen LogP contribution in [-0.2, 0) is 0 Å². The van der Waals surface area contributed by atoms with Crippen molar-refractivity contribution < 1.29 is 0 Å². The van der Waals surface area contributed by atoms with Crippen molar-refractivity contribution in [3.05, 3.63) is 58.7 Å². The van der Waals surface area contributed by atoms with E-state index in [1.54, 1.807) is 5.57 Å². The molecule has 0 aromatic heterocycles. The lowest BCUT2D eigenvalue weighted by Crippen LogP contribution is -2.11. The van der Waals surface area contributed by atoms with E-state index in [4.69, 9.17) is 0 Å². The van der Waals surface area contributed by atoms with E-state index in [0.29, 0.717) is 10.8 Å². The molecule has 0 N–H and O–H groups in total. The predicted molar refractivity (Wildman–Crippen MR) is 106 cm³/mol. The zero-order valence-corrected chi connectivity index (χ0v) is 16.6. The normalized spacial score (nSPS) is 17.0. The minimum absolute atomic E-state index is 0.327. The van der Waals surface area contributed by atoms with Crippen molar-refractivity contribution >= 4 is 0 Å². The lowest BCUT2D eigenvalue weighted by molar-refractivity contribution is 0.424. The van der Waals surface area contributed by atoms with Crippen LogP contribution in [0.15, 0.2) is 58.7 Å². The van der Waals surface area contributed by atoms with Crippen LogP contribution in [0.3, 0.4) is 0 Å². The summed E-state index contributed by atoms with van der Waals surface area (Å²) >= 11 is 0. The maximum Gasteiger partial charge on any atom is -0.0106 e. The van der Waals surface area contributed by atoms with Gasteiger partial charge in [-0.2, -0.15) is 0 Å². The molecule has 2 rings (SSSR count). The van der Waals surface area contributed by atoms with E-state index in [1.807, 2.05) is 0 Å². The van der Waals surface area contributed by atoms with Crippen molar-refractivity contribution in [3.8, 4) is 0 Å². The summed E-state index contributed by atoms with van der Waals surface area (Å²) in [4.78, 5) is 0. The van der Waals surface area contributed by atoms with E-state index in [2.05, 4.69) is 91.8 Å². The zero-order chi connectivity index (χ0) is 17.7. The first-order valence-corrected chi connectivity index (χ1v) is 9.08. The van der Waals surface area contributed by atoms with Crippen LogP contribution >= 0.6 is 0 Å². The van der Waals surface area contributed by atoms with Crippen LogP contribution in [0, 0.1) is 10.8 Å². The molecule has 0 heterocycles. The first-order chi connectivity index (χ1) is 10.6. The highest BCUT2D eigenvalue weighted by Gasteiger charge is 2.21. The lowest BCUT2D eigenvalue weighted by atomic mass is 9.81. The number of hydrogen-bond donors (Lipinski definition) is 0. The van der Waals surface area contributed by atoms with E-state index >= 15 is 0 Å². The molecule has 0 atom stereocenters. The van der Waals surface area contributed by atoms with Crippen molar-refractivity contribution in [3.63, 3.8) is 0 Å². The van der Waals surface area contributed by atoms with Gasteiger partial charge in [0.05, 0.1) is 0 Å². The molecule has 2 aliphatic rings. The summed E-state index contributed by atoms with van der Waals surface area (Å²) in [5, 5.41) is 0. The van der Waals surface area contributed by atoms with Gasteiger partial charge in [-0.1, -0.05) is 89.1 Å². The molecule has 2 aliphatic carbocycles. The van der Waals surface area contributed by atoms with Crippen molar-refractivity contribution in [2.45, 2.75) is 74.7 Å². The van der Waals surface area contributed by atoms with E-state index in [1.165, 1.54) is 36.0 Å². The fraction of sp³-hybridized carbons (Fsp3) is 0.565. The summed E-state index contributed by atoms with van der Waals surface area (Å²) in [6.45, 7) is 18.1. The molecule has 0 aromatic carbocycles. The topological polar surface area (TPSA) is 0 Å². The standard InChI is InChI=1S/C13H20.C10H16/c1-6-13(4,5)12-8-7-11(9-12)10(2)3;1-4-10(2,3)9-7-5-6-8-9/h7-9H,6H2,1-5H3;5-7H,4,8H2,1-3H3. The molecular weight excluding hydrogens is 276 g/mol. The third-order valence-corrected chi connectivity index (χ3v) is 5.52. The van der Waals surface area contributed by atoms with Gasteiger partial charge in [-0.3, -0.25) is 0 Å². The summed E-state index contributed by atoms with van der Waals surface area (Å²) in [5.41, 5.74) is 6.58. The maximum atomic E-state index is 2.32. The van der Waals surface area contributed by atoms with E-state index in [-0.39, 0.29) is 0 Å². The van der Waals surface area contributed by atoms with E-state index in [9.17, 15) is 0 Å². The largest absolute Gasteiger partial charge is 0.0804 e. The molecule has 0 spiro atoms. The summed E-state index contributed by atoms with van der Waals surface area (Å²) in [5.74, 6) is 0. The first kappa shape index (κ1) is 19.7. The van der Waals surface area contributed by atoms with Crippen LogP contribution in [0.5, 0.6) is 0 Å². The molecule has 0 aromatic rings. The molecular formula is C23H36. The second kappa shape index (κ2) is 7.99. The van der Waals surface area contributed by atoms with Gasteiger partial charge < -0.3 is 0 Å². The second-order valence-electron chi connectivity index (χ2n) is 8.19. The summed E-state index contributed by atoms with van der Waals surface area (Å²) in [6.07, 6.45) is 17.0. The average Bonchev–Trinajstić information content (AvgIpc) is 3.19. The molecule has 23 heavy (non-hydrogen) atoms. The molecule has 0 bridgehead atoms. The number of rotatable bonds is 4. The third-order valence-electron chi connectivity index (χ3n) is 5.52. The van der Waals surface area contributed by atoms with Crippen LogP contribution in [-0.4, -0.2) is 0 Å². The van der Waals surface area contributed by atoms with Crippen molar-refractivity contribution in [1.29, 1.82) is 0 Å². The van der Waals surface area contributed by atoms with Gasteiger partial charge in [0.1, 0.15) is 0 Å². The fourth-order valence-electron chi connectivity index (χ4n) is 2.56. The van der Waals surface area contributed by atoms with Crippen LogP contribution in [0.2, 0.25) is 0 Å². The quantitative estimate of drug-likeness (QED) is 0.502. The van der Waals surface area contributed by atoms with Gasteiger partial charge in [0.2, 0.25) is 0 Å². The molecule has 0 amide bonds. The van der Waals surface area contributed by atoms with E-state index < -0.39 is 0 Å². The lowest BCUT2D eigenvalue weighted by Gasteiger charge is -2.24. The Kier molecular flexibility index (Phi) is 6.86. The van der Waals surface area contributed by atoms with Crippen LogP contribution < -0.4 is 0 Å². The monoisotopic (exact) mass is 312 g/mol. The van der Waals surface area contributed by atoms with Gasteiger partial charge in [-0.05, 0) is 55.1 Å². The van der Waals surface area contributed by atoms with Crippen molar-refractivity contribution in [2.24, 2.45) is 10.8 Å². The van der Waals surface area contributed by atoms with Gasteiger partial charge in [0.15, 0.2) is 0 Å². The molecule has 0 radical (unpaired) electrons. The Hall–Kier alpha value is -1.30. The van der Waals surface area contributed by atoms with Gasteiger partial charge in [-0.25, -0.2) is 0 Å². The molecule has 128 valence electrons. The van der Waals surface area contributed by atoms with Gasteiger partial charge in [0.25, 0.3) is 0 Å². The Morgan fingerprint density at radius 2 is 1.57 bits per heavy atom. The Labute approximate surface area is 144 Å². The average molecular weight is 313 g/mol. The zero-order valence-electron chi connectivity index (χ0n) is 16.6. The maximum absolute atomic E-state index is 2.32. The second-order valence-corrected chi connectivity index (χ2v) is 8.19. The minimum atomic E-state index is 0.327. The molecule has 0 fully saturated rings. The Morgan fingerprint density at radius 3 is 1.96 bits per heavy atom. The van der Waals surface area contributed by atoms with E-state index in [0.717, 1.165) is 0 Å². The van der Waals surface area contributed by atoms with Gasteiger partial charge in [-0.15, -0.1) is 0 Å². The molecule has 0 heteroatoms. The number of allylic oxidation sites excluding steroid dienone is 10. The summed E-state index contributed by atoms with van der Waals surface area (Å²) in [6, 6.07) is 0. The summed E-state index contributed by atoms with van der Waals surface area (Å²) < 4.78 is 0. The van der Waals surface area contributed by atoms with Crippen LogP contribution in [0.1, 0.15) is 74.7 Å². The molecule has 0 aliphatic heterocycles. The SMILES string of the molecule is CCC(C)(C)C1=CC(=C(C)C)C=C1.CCC(C)(C)C1=CC=CC1. The minimum Gasteiger partial charge on any atom is -0.0804 e. The molecule has 0 nitrogen and oxygen atoms in total. The highest BCUT2D eigenvalue weighted by molar-refractivity contribution is 5.49. The highest BCUT2D eigenvalue weighted by Crippen LogP contribution is 2.36. The third kappa shape index (κ3) is 5.37. The smallest absolute Gasteiger partial charge is 0.0106 e. The van der Waals surface area contributed by atoms with Crippen molar-refractivity contribution in [1.82, 2.24) is 0 Å². The number of hydrogen-bond acceptors (Lipinski definition) is 0. The van der Waals surface area contributed by atoms with Gasteiger partial charge >= 0.3 is 0 Å².